The second-order valence-electron chi connectivity index (χ2n) is 1.22. The topological polar surface area (TPSA) is 39.2 Å². The molecule has 1 aromatic rings. The summed E-state index contributed by atoms with van der Waals surface area (Å²) in [4.78, 5) is 0. The van der Waals surface area contributed by atoms with Crippen molar-refractivity contribution in [2.45, 2.75) is 5.09 Å². The molecule has 0 bridgehead atoms. The molecule has 1 rings (SSSR count). The number of anilines is 1. The first-order valence-corrected chi connectivity index (χ1v) is 2.27. The number of thiol groups is 1. The molecule has 0 saturated heterocycles. The fourth-order valence-corrected chi connectivity index (χ4v) is 0.541. The van der Waals surface area contributed by atoms with Crippen LogP contribution < -0.4 is 5.73 Å². The van der Waals surface area contributed by atoms with Crippen molar-refractivity contribution < 1.29 is 4.42 Å². The Bertz CT molecular complexity index is 144. The maximum atomic E-state index is 5.24. The zero-order chi connectivity index (χ0) is 5.28. The number of hydrogen-bond acceptors (Lipinski definition) is 3. The fraction of sp³-hybridized carbons (Fsp3) is 0. The number of nitrogen functional groups attached to an aromatic ring is 1. The monoisotopic (exact) mass is 115 g/mol. The quantitative estimate of drug-likeness (QED) is 0.498. The smallest absolute Gasteiger partial charge is 0.159 e. The largest absolute Gasteiger partial charge is 0.456 e. The van der Waals surface area contributed by atoms with Gasteiger partial charge >= 0.3 is 0 Å². The Balaban J connectivity index is 3.04. The normalized spacial score (nSPS) is 9.29. The first-order valence-electron chi connectivity index (χ1n) is 1.82. The van der Waals surface area contributed by atoms with Crippen LogP contribution in [0.15, 0.2) is 21.8 Å². The number of furan rings is 1. The van der Waals surface area contributed by atoms with Gasteiger partial charge in [0.1, 0.15) is 6.26 Å². The molecule has 0 saturated carbocycles. The lowest BCUT2D eigenvalue weighted by atomic mass is 10.6. The molecular weight excluding hydrogens is 110 g/mol. The molecule has 7 heavy (non-hydrogen) atoms. The summed E-state index contributed by atoms with van der Waals surface area (Å²) >= 11 is 3.86. The molecule has 1 heterocycles. The minimum atomic E-state index is 0.553. The number of nitrogens with two attached hydrogens (primary N) is 1. The molecule has 0 aliphatic rings. The Morgan fingerprint density at radius 2 is 2.43 bits per heavy atom. The van der Waals surface area contributed by atoms with E-state index >= 15 is 0 Å². The Morgan fingerprint density at radius 1 is 1.71 bits per heavy atom. The van der Waals surface area contributed by atoms with E-state index < -0.39 is 0 Å². The van der Waals surface area contributed by atoms with E-state index in [-0.39, 0.29) is 0 Å². The van der Waals surface area contributed by atoms with E-state index in [0.29, 0.717) is 10.8 Å². The van der Waals surface area contributed by atoms with E-state index in [2.05, 4.69) is 12.6 Å². The maximum Gasteiger partial charge on any atom is 0.159 e. The zero-order valence-electron chi connectivity index (χ0n) is 3.59. The first kappa shape index (κ1) is 4.59. The van der Waals surface area contributed by atoms with Crippen LogP contribution in [-0.2, 0) is 0 Å². The minimum absolute atomic E-state index is 0.553. The second-order valence-corrected chi connectivity index (χ2v) is 1.66. The van der Waals surface area contributed by atoms with Crippen LogP contribution in [0.2, 0.25) is 0 Å². The summed E-state index contributed by atoms with van der Waals surface area (Å²) in [7, 11) is 0. The summed E-state index contributed by atoms with van der Waals surface area (Å²) in [5.74, 6) is 0. The minimum Gasteiger partial charge on any atom is -0.456 e. The third-order valence-corrected chi connectivity index (χ3v) is 0.840. The van der Waals surface area contributed by atoms with Gasteiger partial charge < -0.3 is 10.2 Å². The highest BCUT2D eigenvalue weighted by Gasteiger charge is 1.87. The van der Waals surface area contributed by atoms with E-state index in [1.807, 2.05) is 0 Å². The molecule has 0 radical (unpaired) electrons. The van der Waals surface area contributed by atoms with Gasteiger partial charge in [0.15, 0.2) is 5.09 Å². The summed E-state index contributed by atoms with van der Waals surface area (Å²) in [6.07, 6.45) is 1.45. The van der Waals surface area contributed by atoms with Crippen molar-refractivity contribution in [1.82, 2.24) is 0 Å². The van der Waals surface area contributed by atoms with Crippen molar-refractivity contribution in [2.75, 3.05) is 5.73 Å². The van der Waals surface area contributed by atoms with Gasteiger partial charge in [-0.15, -0.1) is 12.6 Å². The van der Waals surface area contributed by atoms with Gasteiger partial charge in [0.05, 0.1) is 5.69 Å². The molecule has 2 N–H and O–H groups in total. The molecule has 0 atom stereocenters. The summed E-state index contributed by atoms with van der Waals surface area (Å²) in [5, 5.41) is 0.553. The summed E-state index contributed by atoms with van der Waals surface area (Å²) in [5.41, 5.74) is 5.85. The molecule has 0 aromatic carbocycles. The molecular formula is C4H5NOS. The van der Waals surface area contributed by atoms with Crippen molar-refractivity contribution >= 4 is 18.3 Å². The average molecular weight is 115 g/mol. The van der Waals surface area contributed by atoms with Crippen LogP contribution in [0.5, 0.6) is 0 Å². The Kier molecular flexibility index (Phi) is 0.982. The van der Waals surface area contributed by atoms with Gasteiger partial charge in [0.25, 0.3) is 0 Å². The van der Waals surface area contributed by atoms with E-state index in [1.54, 1.807) is 6.07 Å². The molecule has 0 aliphatic heterocycles. The van der Waals surface area contributed by atoms with Crippen LogP contribution in [0.25, 0.3) is 0 Å². The average Bonchev–Trinajstić information content (AvgIpc) is 1.87. The highest BCUT2D eigenvalue weighted by molar-refractivity contribution is 7.80. The first-order chi connectivity index (χ1) is 3.29. The molecule has 2 nitrogen and oxygen atoms in total. The Labute approximate surface area is 46.7 Å². The van der Waals surface area contributed by atoms with Crippen LogP contribution in [0.3, 0.4) is 0 Å². The number of hydrogen-bond donors (Lipinski definition) is 2. The summed E-state index contributed by atoms with van der Waals surface area (Å²) < 4.78 is 4.70. The lowest BCUT2D eigenvalue weighted by Gasteiger charge is -1.68. The standard InChI is InChI=1S/C4H5NOS/c5-3-1-4(7)6-2-3/h1-2,7H,5H2. The van der Waals surface area contributed by atoms with E-state index in [9.17, 15) is 0 Å². The third-order valence-electron chi connectivity index (χ3n) is 0.606. The van der Waals surface area contributed by atoms with Gasteiger partial charge in [-0.25, -0.2) is 0 Å². The molecule has 0 unspecified atom stereocenters. The van der Waals surface area contributed by atoms with Crippen LogP contribution in [0.4, 0.5) is 5.69 Å². The molecule has 0 spiro atoms. The van der Waals surface area contributed by atoms with Gasteiger partial charge in [0.2, 0.25) is 0 Å². The maximum absolute atomic E-state index is 5.24. The van der Waals surface area contributed by atoms with Crippen molar-refractivity contribution in [3.63, 3.8) is 0 Å². The lowest BCUT2D eigenvalue weighted by molar-refractivity contribution is 0.477. The molecule has 1 aromatic heterocycles. The zero-order valence-corrected chi connectivity index (χ0v) is 4.48. The van der Waals surface area contributed by atoms with E-state index in [1.165, 1.54) is 6.26 Å². The van der Waals surface area contributed by atoms with Crippen molar-refractivity contribution in [3.05, 3.63) is 12.3 Å². The highest BCUT2D eigenvalue weighted by Crippen LogP contribution is 2.11. The van der Waals surface area contributed by atoms with Crippen molar-refractivity contribution in [3.8, 4) is 0 Å². The second kappa shape index (κ2) is 1.50. The molecule has 3 heteroatoms. The van der Waals surface area contributed by atoms with Crippen molar-refractivity contribution in [1.29, 1.82) is 0 Å². The van der Waals surface area contributed by atoms with Gasteiger partial charge in [-0.1, -0.05) is 0 Å². The molecule has 0 aliphatic carbocycles. The van der Waals surface area contributed by atoms with Gasteiger partial charge in [0, 0.05) is 6.07 Å². The highest BCUT2D eigenvalue weighted by atomic mass is 32.1. The predicted molar refractivity (Wildman–Crippen MR) is 30.4 cm³/mol. The van der Waals surface area contributed by atoms with Gasteiger partial charge in [-0.2, -0.15) is 0 Å². The van der Waals surface area contributed by atoms with E-state index in [4.69, 9.17) is 10.2 Å². The van der Waals surface area contributed by atoms with Gasteiger partial charge in [-0.3, -0.25) is 0 Å². The Morgan fingerprint density at radius 3 is 2.57 bits per heavy atom. The van der Waals surface area contributed by atoms with Gasteiger partial charge in [-0.05, 0) is 0 Å². The SMILES string of the molecule is Nc1coc(S)c1. The van der Waals surface area contributed by atoms with Crippen LogP contribution >= 0.6 is 12.6 Å². The summed E-state index contributed by atoms with van der Waals surface area (Å²) in [6.45, 7) is 0. The Hall–Kier alpha value is -0.570. The number of rotatable bonds is 0. The summed E-state index contributed by atoms with van der Waals surface area (Å²) in [6, 6.07) is 1.64. The predicted octanol–water partition coefficient (Wildman–Crippen LogP) is 1.15. The third kappa shape index (κ3) is 0.899. The molecule has 0 fully saturated rings. The fourth-order valence-electron chi connectivity index (χ4n) is 0.339. The van der Waals surface area contributed by atoms with Crippen LogP contribution in [0, 0.1) is 0 Å². The lowest BCUT2D eigenvalue weighted by Crippen LogP contribution is -1.75. The van der Waals surface area contributed by atoms with Crippen LogP contribution in [0.1, 0.15) is 0 Å². The van der Waals surface area contributed by atoms with Crippen LogP contribution in [-0.4, -0.2) is 0 Å². The van der Waals surface area contributed by atoms with Crippen molar-refractivity contribution in [2.24, 2.45) is 0 Å². The van der Waals surface area contributed by atoms with E-state index in [0.717, 1.165) is 0 Å². The molecule has 0 amide bonds. The molecule has 38 valence electrons.